The summed E-state index contributed by atoms with van der Waals surface area (Å²) in [5.41, 5.74) is 6.79. The monoisotopic (exact) mass is 288 g/mol. The third-order valence-corrected chi connectivity index (χ3v) is 3.01. The number of aromatic nitrogens is 2. The molecule has 6 heteroatoms. The van der Waals surface area contributed by atoms with Crippen molar-refractivity contribution >= 4 is 11.6 Å². The minimum atomic E-state index is -0.176. The Morgan fingerprint density at radius 2 is 2.33 bits per heavy atom. The molecule has 1 amide bonds. The first kappa shape index (κ1) is 14.9. The van der Waals surface area contributed by atoms with Gasteiger partial charge in [0.2, 0.25) is 0 Å². The molecule has 6 nitrogen and oxygen atoms in total. The smallest absolute Gasteiger partial charge is 0.255 e. The number of rotatable bonds is 7. The van der Waals surface area contributed by atoms with Gasteiger partial charge in [-0.05, 0) is 25.5 Å². The predicted molar refractivity (Wildman–Crippen MR) is 81.3 cm³/mol. The van der Waals surface area contributed by atoms with Crippen LogP contribution in [0.25, 0.3) is 0 Å². The summed E-state index contributed by atoms with van der Waals surface area (Å²) >= 11 is 0. The first-order chi connectivity index (χ1) is 10.2. The number of para-hydroxylation sites is 1. The highest BCUT2D eigenvalue weighted by Gasteiger charge is 2.14. The number of hydrogen-bond donors (Lipinski definition) is 3. The molecule has 4 N–H and O–H groups in total. The van der Waals surface area contributed by atoms with Gasteiger partial charge in [-0.3, -0.25) is 4.79 Å². The van der Waals surface area contributed by atoms with Crippen LogP contribution >= 0.6 is 0 Å². The minimum absolute atomic E-state index is 0.176. The summed E-state index contributed by atoms with van der Waals surface area (Å²) in [5, 5.41) is 2.87. The van der Waals surface area contributed by atoms with E-state index in [2.05, 4.69) is 15.3 Å². The van der Waals surface area contributed by atoms with E-state index >= 15 is 0 Å². The lowest BCUT2D eigenvalue weighted by molar-refractivity contribution is 0.0949. The van der Waals surface area contributed by atoms with E-state index in [0.29, 0.717) is 30.2 Å². The van der Waals surface area contributed by atoms with Crippen LogP contribution in [-0.2, 0) is 6.42 Å². The van der Waals surface area contributed by atoms with E-state index in [4.69, 9.17) is 10.5 Å². The van der Waals surface area contributed by atoms with Crippen LogP contribution in [-0.4, -0.2) is 29.0 Å². The van der Waals surface area contributed by atoms with Gasteiger partial charge in [-0.25, -0.2) is 4.98 Å². The highest BCUT2D eigenvalue weighted by atomic mass is 16.5. The van der Waals surface area contributed by atoms with Crippen LogP contribution in [0.3, 0.4) is 0 Å². The highest BCUT2D eigenvalue weighted by Crippen LogP contribution is 2.26. The third-order valence-electron chi connectivity index (χ3n) is 3.01. The standard InChI is InChI=1S/C15H20N4O2/c1-2-21-14-11(5-3-6-12(14)16)15(20)19-8-4-7-13-17-9-10-18-13/h3,5-6,9-10H,2,4,7-8,16H2,1H3,(H,17,18)(H,19,20). The molecule has 2 rings (SSSR count). The van der Waals surface area contributed by atoms with Crippen LogP contribution in [0.5, 0.6) is 5.75 Å². The zero-order valence-electron chi connectivity index (χ0n) is 12.1. The van der Waals surface area contributed by atoms with Crippen molar-refractivity contribution in [3.63, 3.8) is 0 Å². The lowest BCUT2D eigenvalue weighted by Crippen LogP contribution is -2.25. The Kier molecular flexibility index (Phi) is 5.20. The van der Waals surface area contributed by atoms with Crippen LogP contribution in [0.2, 0.25) is 0 Å². The number of aryl methyl sites for hydroxylation is 1. The fourth-order valence-electron chi connectivity index (χ4n) is 2.03. The molecule has 0 aliphatic heterocycles. The van der Waals surface area contributed by atoms with Crippen molar-refractivity contribution < 1.29 is 9.53 Å². The predicted octanol–water partition coefficient (Wildman–Crippen LogP) is 1.75. The Labute approximate surface area is 123 Å². The number of benzene rings is 1. The summed E-state index contributed by atoms with van der Waals surface area (Å²) in [5.74, 6) is 1.19. The fraction of sp³-hybridized carbons (Fsp3) is 0.333. The molecule has 2 aromatic rings. The molecular formula is C15H20N4O2. The quantitative estimate of drug-likeness (QED) is 0.534. The lowest BCUT2D eigenvalue weighted by Gasteiger charge is -2.12. The van der Waals surface area contributed by atoms with Crippen molar-refractivity contribution in [2.45, 2.75) is 19.8 Å². The summed E-state index contributed by atoms with van der Waals surface area (Å²) in [6.07, 6.45) is 5.11. The van der Waals surface area contributed by atoms with Gasteiger partial charge >= 0.3 is 0 Å². The molecular weight excluding hydrogens is 268 g/mol. The lowest BCUT2D eigenvalue weighted by atomic mass is 10.1. The second-order valence-electron chi connectivity index (χ2n) is 4.55. The van der Waals surface area contributed by atoms with E-state index in [1.54, 1.807) is 30.6 Å². The zero-order chi connectivity index (χ0) is 15.1. The van der Waals surface area contributed by atoms with Crippen LogP contribution in [0, 0.1) is 0 Å². The molecule has 0 saturated heterocycles. The van der Waals surface area contributed by atoms with Gasteiger partial charge in [0.15, 0.2) is 5.75 Å². The van der Waals surface area contributed by atoms with E-state index in [1.165, 1.54) is 0 Å². The number of nitrogens with one attached hydrogen (secondary N) is 2. The molecule has 0 aliphatic rings. The van der Waals surface area contributed by atoms with Crippen LogP contribution < -0.4 is 15.8 Å². The van der Waals surface area contributed by atoms with E-state index in [9.17, 15) is 4.79 Å². The number of amides is 1. The molecule has 0 saturated carbocycles. The molecule has 1 aromatic heterocycles. The number of carbonyl (C=O) groups is 1. The van der Waals surface area contributed by atoms with Gasteiger partial charge in [0.25, 0.3) is 5.91 Å². The summed E-state index contributed by atoms with van der Waals surface area (Å²) in [4.78, 5) is 19.4. The van der Waals surface area contributed by atoms with Gasteiger partial charge in [-0.15, -0.1) is 0 Å². The van der Waals surface area contributed by atoms with Crippen molar-refractivity contribution in [3.8, 4) is 5.75 Å². The number of nitrogens with zero attached hydrogens (tertiary/aromatic N) is 1. The van der Waals surface area contributed by atoms with Crippen LogP contribution in [0.15, 0.2) is 30.6 Å². The Morgan fingerprint density at radius 3 is 3.05 bits per heavy atom. The van der Waals surface area contributed by atoms with Gasteiger partial charge in [0.1, 0.15) is 5.82 Å². The number of imidazole rings is 1. The van der Waals surface area contributed by atoms with Gasteiger partial charge in [0.05, 0.1) is 17.9 Å². The Hall–Kier alpha value is -2.50. The van der Waals surface area contributed by atoms with Crippen molar-refractivity contribution in [2.24, 2.45) is 0 Å². The highest BCUT2D eigenvalue weighted by molar-refractivity contribution is 5.98. The normalized spacial score (nSPS) is 10.3. The summed E-state index contributed by atoms with van der Waals surface area (Å²) in [7, 11) is 0. The Bertz CT molecular complexity index is 581. The van der Waals surface area contributed by atoms with Gasteiger partial charge in [-0.2, -0.15) is 0 Å². The Balaban J connectivity index is 1.89. The van der Waals surface area contributed by atoms with Crippen molar-refractivity contribution in [1.82, 2.24) is 15.3 Å². The number of aromatic amines is 1. The molecule has 0 spiro atoms. The van der Waals surface area contributed by atoms with E-state index in [1.807, 2.05) is 6.92 Å². The zero-order valence-corrected chi connectivity index (χ0v) is 12.1. The molecule has 0 unspecified atom stereocenters. The molecule has 0 radical (unpaired) electrons. The fourth-order valence-corrected chi connectivity index (χ4v) is 2.03. The number of nitrogens with two attached hydrogens (primary N) is 1. The number of H-pyrrole nitrogens is 1. The number of hydrogen-bond acceptors (Lipinski definition) is 4. The maximum Gasteiger partial charge on any atom is 0.255 e. The summed E-state index contributed by atoms with van der Waals surface area (Å²) in [6, 6.07) is 5.18. The van der Waals surface area contributed by atoms with Crippen molar-refractivity contribution in [2.75, 3.05) is 18.9 Å². The second kappa shape index (κ2) is 7.33. The topological polar surface area (TPSA) is 93.0 Å². The first-order valence-electron chi connectivity index (χ1n) is 7.00. The van der Waals surface area contributed by atoms with Gasteiger partial charge in [-0.1, -0.05) is 6.07 Å². The number of carbonyl (C=O) groups excluding carboxylic acids is 1. The average Bonchev–Trinajstić information content (AvgIpc) is 2.99. The first-order valence-corrected chi connectivity index (χ1v) is 7.00. The molecule has 0 atom stereocenters. The third kappa shape index (κ3) is 3.98. The molecule has 0 bridgehead atoms. The maximum atomic E-state index is 12.2. The van der Waals surface area contributed by atoms with Crippen molar-refractivity contribution in [1.29, 1.82) is 0 Å². The maximum absolute atomic E-state index is 12.2. The molecule has 0 fully saturated rings. The molecule has 0 aliphatic carbocycles. The van der Waals surface area contributed by atoms with Crippen molar-refractivity contribution in [3.05, 3.63) is 42.0 Å². The SMILES string of the molecule is CCOc1c(N)cccc1C(=O)NCCCc1ncc[nH]1. The number of ether oxygens (including phenoxy) is 1. The van der Waals surface area contributed by atoms with E-state index < -0.39 is 0 Å². The van der Waals surface area contributed by atoms with Crippen LogP contribution in [0.4, 0.5) is 5.69 Å². The van der Waals surface area contributed by atoms with E-state index in [0.717, 1.165) is 18.7 Å². The molecule has 112 valence electrons. The molecule has 1 aromatic carbocycles. The summed E-state index contributed by atoms with van der Waals surface area (Å²) in [6.45, 7) is 2.89. The van der Waals surface area contributed by atoms with Gasteiger partial charge in [0, 0.05) is 25.4 Å². The van der Waals surface area contributed by atoms with Gasteiger partial charge < -0.3 is 20.8 Å². The number of nitrogen functional groups attached to an aromatic ring is 1. The molecule has 21 heavy (non-hydrogen) atoms. The van der Waals surface area contributed by atoms with Crippen LogP contribution in [0.1, 0.15) is 29.5 Å². The number of anilines is 1. The Morgan fingerprint density at radius 1 is 1.48 bits per heavy atom. The molecule has 1 heterocycles. The average molecular weight is 288 g/mol. The largest absolute Gasteiger partial charge is 0.491 e. The van der Waals surface area contributed by atoms with E-state index in [-0.39, 0.29) is 5.91 Å². The second-order valence-corrected chi connectivity index (χ2v) is 4.55. The summed E-state index contributed by atoms with van der Waals surface area (Å²) < 4.78 is 5.45. The minimum Gasteiger partial charge on any atom is -0.491 e.